The van der Waals surface area contributed by atoms with E-state index < -0.39 is 30.3 Å². The lowest BCUT2D eigenvalue weighted by molar-refractivity contribution is -0.144. The molecule has 1 saturated heterocycles. The number of amides is 5. The first kappa shape index (κ1) is 20.6. The molecule has 0 atom stereocenters. The summed E-state index contributed by atoms with van der Waals surface area (Å²) in [6, 6.07) is 6.15. The molecule has 0 unspecified atom stereocenters. The molecule has 1 aromatic carbocycles. The van der Waals surface area contributed by atoms with Gasteiger partial charge >= 0.3 is 17.8 Å². The van der Waals surface area contributed by atoms with Gasteiger partial charge in [0.05, 0.1) is 13.2 Å². The Kier molecular flexibility index (Phi) is 6.69. The number of hydrogen-bond donors (Lipinski definition) is 1. The normalized spacial score (nSPS) is 17.2. The smallest absolute Gasteiger partial charge is 0.334 e. The topological polar surface area (TPSA) is 105 Å². The first-order valence-electron chi connectivity index (χ1n) is 9.82. The number of hydrogen-bond acceptors (Lipinski definition) is 6. The molecule has 1 heterocycles. The molecule has 2 aliphatic rings. The van der Waals surface area contributed by atoms with Gasteiger partial charge in [-0.2, -0.15) is 0 Å². The Balaban J connectivity index is 1.42. The number of imide groups is 2. The standard InChI is InChI=1S/C20H25N3O6/c1-2-28-15-7-9-16(10-8-15)29-12-11-21-17(24)13-22-18(25)19(26)23(20(22)27)14-5-3-4-6-14/h7-10,14H,2-6,11-13H2,1H3,(H,21,24). The summed E-state index contributed by atoms with van der Waals surface area (Å²) in [6.45, 7) is 2.42. The second-order valence-corrected chi connectivity index (χ2v) is 6.89. The van der Waals surface area contributed by atoms with Gasteiger partial charge in [-0.1, -0.05) is 12.8 Å². The maximum absolute atomic E-state index is 12.4. The Bertz CT molecular complexity index is 773. The minimum Gasteiger partial charge on any atom is -0.494 e. The van der Waals surface area contributed by atoms with Gasteiger partial charge in [0.15, 0.2) is 0 Å². The monoisotopic (exact) mass is 403 g/mol. The van der Waals surface area contributed by atoms with Crippen LogP contribution in [0.1, 0.15) is 32.6 Å². The molecule has 5 amide bonds. The van der Waals surface area contributed by atoms with E-state index in [9.17, 15) is 19.2 Å². The first-order chi connectivity index (χ1) is 14.0. The van der Waals surface area contributed by atoms with Gasteiger partial charge in [-0.05, 0) is 44.0 Å². The molecule has 1 aliphatic heterocycles. The van der Waals surface area contributed by atoms with Crippen molar-refractivity contribution >= 4 is 23.8 Å². The molecule has 0 spiro atoms. The zero-order valence-electron chi connectivity index (χ0n) is 16.4. The first-order valence-corrected chi connectivity index (χ1v) is 9.82. The van der Waals surface area contributed by atoms with E-state index in [0.717, 1.165) is 23.5 Å². The van der Waals surface area contributed by atoms with Crippen molar-refractivity contribution < 1.29 is 28.7 Å². The molecule has 1 aromatic rings. The molecule has 156 valence electrons. The number of carbonyl (C=O) groups excluding carboxylic acids is 4. The van der Waals surface area contributed by atoms with E-state index in [1.54, 1.807) is 24.3 Å². The molecule has 2 fully saturated rings. The summed E-state index contributed by atoms with van der Waals surface area (Å²) in [5.41, 5.74) is 0. The van der Waals surface area contributed by atoms with Crippen LogP contribution in [0.3, 0.4) is 0 Å². The molecular formula is C20H25N3O6. The van der Waals surface area contributed by atoms with Crippen molar-refractivity contribution in [3.05, 3.63) is 24.3 Å². The number of benzene rings is 1. The number of nitrogens with one attached hydrogen (secondary N) is 1. The van der Waals surface area contributed by atoms with Gasteiger partial charge in [-0.3, -0.25) is 19.3 Å². The molecule has 9 nitrogen and oxygen atoms in total. The van der Waals surface area contributed by atoms with Gasteiger partial charge in [-0.25, -0.2) is 9.69 Å². The third kappa shape index (κ3) is 4.85. The summed E-state index contributed by atoms with van der Waals surface area (Å²) in [4.78, 5) is 50.5. The van der Waals surface area contributed by atoms with Crippen molar-refractivity contribution in [3.63, 3.8) is 0 Å². The van der Waals surface area contributed by atoms with E-state index in [1.165, 1.54) is 0 Å². The zero-order chi connectivity index (χ0) is 20.8. The van der Waals surface area contributed by atoms with Crippen molar-refractivity contribution in [2.75, 3.05) is 26.3 Å². The highest BCUT2D eigenvalue weighted by atomic mass is 16.5. The van der Waals surface area contributed by atoms with Gasteiger partial charge in [0.1, 0.15) is 24.7 Å². The van der Waals surface area contributed by atoms with E-state index in [4.69, 9.17) is 9.47 Å². The molecule has 0 radical (unpaired) electrons. The number of urea groups is 1. The summed E-state index contributed by atoms with van der Waals surface area (Å²) >= 11 is 0. The second kappa shape index (κ2) is 9.40. The fourth-order valence-electron chi connectivity index (χ4n) is 3.50. The Morgan fingerprint density at radius 2 is 1.66 bits per heavy atom. The Morgan fingerprint density at radius 3 is 2.28 bits per heavy atom. The van der Waals surface area contributed by atoms with Crippen LogP contribution in [0.15, 0.2) is 24.3 Å². The zero-order valence-corrected chi connectivity index (χ0v) is 16.4. The summed E-state index contributed by atoms with van der Waals surface area (Å²) in [5.74, 6) is -0.931. The molecule has 0 aromatic heterocycles. The van der Waals surface area contributed by atoms with E-state index in [1.807, 2.05) is 6.92 Å². The van der Waals surface area contributed by atoms with Crippen LogP contribution in [0.2, 0.25) is 0 Å². The third-order valence-corrected chi connectivity index (χ3v) is 4.90. The Hall–Kier alpha value is -3.10. The summed E-state index contributed by atoms with van der Waals surface area (Å²) in [6.07, 6.45) is 3.25. The lowest BCUT2D eigenvalue weighted by atomic mass is 10.2. The maximum atomic E-state index is 12.4. The van der Waals surface area contributed by atoms with Crippen LogP contribution in [0, 0.1) is 0 Å². The van der Waals surface area contributed by atoms with Crippen LogP contribution < -0.4 is 14.8 Å². The molecule has 9 heteroatoms. The number of ether oxygens (including phenoxy) is 2. The van der Waals surface area contributed by atoms with Crippen molar-refractivity contribution in [2.45, 2.75) is 38.6 Å². The van der Waals surface area contributed by atoms with Crippen LogP contribution in [-0.2, 0) is 14.4 Å². The predicted octanol–water partition coefficient (Wildman–Crippen LogP) is 1.31. The fourth-order valence-corrected chi connectivity index (χ4v) is 3.50. The molecule has 1 saturated carbocycles. The molecule has 0 bridgehead atoms. The minimum atomic E-state index is -0.942. The lowest BCUT2D eigenvalue weighted by Crippen LogP contribution is -2.43. The highest BCUT2D eigenvalue weighted by Gasteiger charge is 2.48. The van der Waals surface area contributed by atoms with Crippen LogP contribution in [0.25, 0.3) is 0 Å². The largest absolute Gasteiger partial charge is 0.494 e. The van der Waals surface area contributed by atoms with Crippen LogP contribution in [-0.4, -0.2) is 65.9 Å². The SMILES string of the molecule is CCOc1ccc(OCCNC(=O)CN2C(=O)C(=O)N(C3CCCC3)C2=O)cc1. The van der Waals surface area contributed by atoms with E-state index in [2.05, 4.69) is 5.32 Å². The summed E-state index contributed by atoms with van der Waals surface area (Å²) < 4.78 is 10.9. The van der Waals surface area contributed by atoms with Crippen molar-refractivity contribution in [2.24, 2.45) is 0 Å². The van der Waals surface area contributed by atoms with E-state index in [0.29, 0.717) is 30.1 Å². The van der Waals surface area contributed by atoms with Crippen molar-refractivity contribution in [1.29, 1.82) is 0 Å². The minimum absolute atomic E-state index is 0.197. The number of carbonyl (C=O) groups is 4. The molecule has 3 rings (SSSR count). The molecular weight excluding hydrogens is 378 g/mol. The van der Waals surface area contributed by atoms with Crippen LogP contribution in [0.4, 0.5) is 4.79 Å². The van der Waals surface area contributed by atoms with Crippen molar-refractivity contribution in [1.82, 2.24) is 15.1 Å². The maximum Gasteiger partial charge on any atom is 0.334 e. The van der Waals surface area contributed by atoms with Gasteiger partial charge in [0.2, 0.25) is 5.91 Å². The second-order valence-electron chi connectivity index (χ2n) is 6.89. The Morgan fingerprint density at radius 1 is 1.03 bits per heavy atom. The van der Waals surface area contributed by atoms with Gasteiger partial charge in [0, 0.05) is 6.04 Å². The van der Waals surface area contributed by atoms with Gasteiger partial charge in [0.25, 0.3) is 0 Å². The van der Waals surface area contributed by atoms with Crippen LogP contribution in [0.5, 0.6) is 11.5 Å². The van der Waals surface area contributed by atoms with Gasteiger partial charge in [-0.15, -0.1) is 0 Å². The quantitative estimate of drug-likeness (QED) is 0.379. The molecule has 29 heavy (non-hydrogen) atoms. The van der Waals surface area contributed by atoms with Gasteiger partial charge < -0.3 is 14.8 Å². The highest BCUT2D eigenvalue weighted by Crippen LogP contribution is 2.27. The molecule has 1 aliphatic carbocycles. The number of rotatable bonds is 9. The lowest BCUT2D eigenvalue weighted by Gasteiger charge is -2.20. The predicted molar refractivity (Wildman–Crippen MR) is 102 cm³/mol. The van der Waals surface area contributed by atoms with E-state index in [-0.39, 0.29) is 19.2 Å². The Labute approximate surface area is 168 Å². The average molecular weight is 403 g/mol. The number of nitrogens with zero attached hydrogens (tertiary/aromatic N) is 2. The van der Waals surface area contributed by atoms with Crippen LogP contribution >= 0.6 is 0 Å². The van der Waals surface area contributed by atoms with Crippen molar-refractivity contribution in [3.8, 4) is 11.5 Å². The van der Waals surface area contributed by atoms with E-state index >= 15 is 0 Å². The average Bonchev–Trinajstić information content (AvgIpc) is 3.30. The fraction of sp³-hybridized carbons (Fsp3) is 0.500. The summed E-state index contributed by atoms with van der Waals surface area (Å²) in [7, 11) is 0. The highest BCUT2D eigenvalue weighted by molar-refractivity contribution is 6.45. The summed E-state index contributed by atoms with van der Waals surface area (Å²) in [5, 5.41) is 2.59. The molecule has 1 N–H and O–H groups in total. The third-order valence-electron chi connectivity index (χ3n) is 4.90.